The Morgan fingerprint density at radius 3 is 2.75 bits per heavy atom. The van der Waals surface area contributed by atoms with Gasteiger partial charge in [0, 0.05) is 36.4 Å². The van der Waals surface area contributed by atoms with Crippen molar-refractivity contribution in [3.05, 3.63) is 40.7 Å². The third-order valence-corrected chi connectivity index (χ3v) is 7.14. The number of aliphatic imine (C=N–C) groups is 2. The van der Waals surface area contributed by atoms with Gasteiger partial charge in [-0.1, -0.05) is 16.8 Å². The van der Waals surface area contributed by atoms with Crippen LogP contribution in [0.15, 0.2) is 38.9 Å². The molecule has 0 saturated carbocycles. The Morgan fingerprint density at radius 1 is 1.19 bits per heavy atom. The van der Waals surface area contributed by atoms with Crippen LogP contribution in [0, 0.1) is 12.3 Å². The summed E-state index contributed by atoms with van der Waals surface area (Å²) in [6, 6.07) is 6.20. The number of fused-ring (bicyclic) bond motifs is 5. The van der Waals surface area contributed by atoms with Crippen LogP contribution < -0.4 is 4.90 Å². The number of hydrogen-bond donors (Lipinski definition) is 0. The minimum Gasteiger partial charge on any atom is -0.372 e. The molecule has 3 aromatic rings. The molecule has 0 N–H and O–H groups in total. The van der Waals surface area contributed by atoms with E-state index in [0.717, 1.165) is 46.6 Å². The third kappa shape index (κ3) is 2.84. The van der Waals surface area contributed by atoms with E-state index in [-0.39, 0.29) is 23.7 Å². The lowest BCUT2D eigenvalue weighted by atomic mass is 9.69. The average Bonchev–Trinajstić information content (AvgIpc) is 3.18. The van der Waals surface area contributed by atoms with Crippen LogP contribution in [0.2, 0.25) is 5.02 Å². The fraction of sp³-hybridized carbons (Fsp3) is 0.417. The monoisotopic (exact) mass is 449 g/mol. The summed E-state index contributed by atoms with van der Waals surface area (Å²) in [5.41, 5.74) is 5.03. The van der Waals surface area contributed by atoms with Crippen LogP contribution in [-0.2, 0) is 11.2 Å². The summed E-state index contributed by atoms with van der Waals surface area (Å²) in [7, 11) is 0. The molecule has 0 unspecified atom stereocenters. The van der Waals surface area contributed by atoms with Crippen molar-refractivity contribution in [2.45, 2.75) is 45.4 Å². The van der Waals surface area contributed by atoms with E-state index in [2.05, 4.69) is 57.4 Å². The molecule has 164 valence electrons. The smallest absolute Gasteiger partial charge is 0.188 e. The van der Waals surface area contributed by atoms with Gasteiger partial charge in [0.05, 0.1) is 34.7 Å². The Balaban J connectivity index is 1.57. The number of aryl methyl sites for hydroxylation is 1. The molecule has 1 fully saturated rings. The Morgan fingerprint density at radius 2 is 2.00 bits per heavy atom. The second-order valence-corrected chi connectivity index (χ2v) is 9.48. The molecular weight excluding hydrogens is 426 g/mol. The van der Waals surface area contributed by atoms with Crippen molar-refractivity contribution in [2.24, 2.45) is 15.4 Å². The quantitative estimate of drug-likeness (QED) is 0.547. The molecule has 3 aliphatic rings. The highest BCUT2D eigenvalue weighted by Gasteiger charge is 2.51. The van der Waals surface area contributed by atoms with Gasteiger partial charge in [0.25, 0.3) is 0 Å². The summed E-state index contributed by atoms with van der Waals surface area (Å²) in [4.78, 5) is 15.9. The second-order valence-electron chi connectivity index (χ2n) is 9.10. The highest BCUT2D eigenvalue weighted by Crippen LogP contribution is 2.50. The third-order valence-electron chi connectivity index (χ3n) is 6.79. The van der Waals surface area contributed by atoms with Crippen molar-refractivity contribution in [3.63, 3.8) is 0 Å². The molecule has 3 aliphatic heterocycles. The minimum atomic E-state index is -0.343. The summed E-state index contributed by atoms with van der Waals surface area (Å²) in [6.07, 6.45) is 6.77. The molecule has 6 rings (SSSR count). The number of morpholine rings is 1. The zero-order chi connectivity index (χ0) is 22.0. The van der Waals surface area contributed by atoms with Gasteiger partial charge >= 0.3 is 0 Å². The van der Waals surface area contributed by atoms with Crippen LogP contribution in [0.3, 0.4) is 0 Å². The van der Waals surface area contributed by atoms with E-state index in [1.807, 2.05) is 25.3 Å². The maximum absolute atomic E-state index is 7.03. The molecule has 3 atom stereocenters. The van der Waals surface area contributed by atoms with Crippen LogP contribution >= 0.6 is 11.6 Å². The van der Waals surface area contributed by atoms with E-state index >= 15 is 0 Å². The maximum atomic E-state index is 7.03. The first-order valence-electron chi connectivity index (χ1n) is 10.9. The lowest BCUT2D eigenvalue weighted by Gasteiger charge is -2.54. The van der Waals surface area contributed by atoms with Gasteiger partial charge in [-0.2, -0.15) is 0 Å². The van der Waals surface area contributed by atoms with E-state index in [1.54, 1.807) is 0 Å². The van der Waals surface area contributed by atoms with Crippen LogP contribution in [0.1, 0.15) is 25.1 Å². The topological polar surface area (TPSA) is 76.1 Å². The number of halogens is 1. The van der Waals surface area contributed by atoms with Gasteiger partial charge in [0.1, 0.15) is 17.4 Å². The summed E-state index contributed by atoms with van der Waals surface area (Å²) in [6.45, 7) is 7.40. The van der Waals surface area contributed by atoms with Crippen molar-refractivity contribution in [2.75, 3.05) is 18.1 Å². The number of benzene rings is 1. The predicted molar refractivity (Wildman–Crippen MR) is 126 cm³/mol. The number of pyridine rings is 1. The van der Waals surface area contributed by atoms with Crippen LogP contribution in [0.5, 0.6) is 0 Å². The first kappa shape index (κ1) is 19.9. The zero-order valence-corrected chi connectivity index (χ0v) is 19.0. The first-order valence-corrected chi connectivity index (χ1v) is 11.3. The summed E-state index contributed by atoms with van der Waals surface area (Å²) < 4.78 is 12.0. The van der Waals surface area contributed by atoms with E-state index in [4.69, 9.17) is 20.9 Å². The van der Waals surface area contributed by atoms with Crippen LogP contribution in [-0.4, -0.2) is 54.0 Å². The van der Waals surface area contributed by atoms with Gasteiger partial charge in [-0.3, -0.25) is 15.0 Å². The Bertz CT molecular complexity index is 1250. The highest BCUT2D eigenvalue weighted by molar-refractivity contribution is 6.38. The fourth-order valence-corrected chi connectivity index (χ4v) is 5.97. The zero-order valence-electron chi connectivity index (χ0n) is 18.2. The van der Waals surface area contributed by atoms with E-state index in [0.29, 0.717) is 17.3 Å². The molecule has 1 spiro atoms. The van der Waals surface area contributed by atoms with Crippen LogP contribution in [0.25, 0.3) is 22.2 Å². The van der Waals surface area contributed by atoms with Crippen molar-refractivity contribution in [1.82, 2.24) is 10.1 Å². The van der Waals surface area contributed by atoms with Crippen molar-refractivity contribution < 1.29 is 9.26 Å². The Kier molecular flexibility index (Phi) is 4.42. The fourth-order valence-electron chi connectivity index (χ4n) is 5.61. The molecule has 2 aromatic heterocycles. The lowest BCUT2D eigenvalue weighted by molar-refractivity contribution is -0.0429. The number of aromatic nitrogens is 2. The largest absolute Gasteiger partial charge is 0.372 e. The van der Waals surface area contributed by atoms with E-state index in [1.165, 1.54) is 0 Å². The number of nitrogens with zero attached hydrogens (tertiary/aromatic N) is 5. The summed E-state index contributed by atoms with van der Waals surface area (Å²) in [5, 5.41) is 5.86. The van der Waals surface area contributed by atoms with Gasteiger partial charge in [-0.15, -0.1) is 0 Å². The molecule has 0 amide bonds. The average molecular weight is 450 g/mol. The molecule has 0 bridgehead atoms. The number of rotatable bonds is 1. The van der Waals surface area contributed by atoms with Gasteiger partial charge in [-0.25, -0.2) is 0 Å². The van der Waals surface area contributed by atoms with Crippen molar-refractivity contribution in [1.29, 1.82) is 0 Å². The highest BCUT2D eigenvalue weighted by atomic mass is 35.5. The molecule has 5 heterocycles. The number of ether oxygens (including phenoxy) is 1. The molecule has 1 saturated heterocycles. The number of hydrogen-bond acceptors (Lipinski definition) is 7. The standard InChI is InChI=1S/C24H24ClN5O2/c1-13-4-5-16(8-28-13)20-18-6-17-7-24(10-26-12-27-11-24)23-15(3)31-14(2)9-30(23)21(17)19(25)22(18)32-29-20/h4-6,8,10-11,14-15,23H,7,9,12H2,1-3H3/t14-,15+,23-/m0/s1. The SMILES string of the molecule is Cc1ccc(-c2noc3c(Cl)c4c(cc23)CC2(C=NCN=C2)[C@@H]2[C@@H](C)O[C@@H](C)CN42)cn1. The first-order chi connectivity index (χ1) is 15.5. The van der Waals surface area contributed by atoms with Crippen molar-refractivity contribution in [3.8, 4) is 11.3 Å². The van der Waals surface area contributed by atoms with Gasteiger partial charge in [-0.05, 0) is 51.0 Å². The lowest BCUT2D eigenvalue weighted by Crippen LogP contribution is -2.65. The summed E-state index contributed by atoms with van der Waals surface area (Å²) in [5.74, 6) is 0. The molecule has 8 heteroatoms. The molecule has 0 radical (unpaired) electrons. The second kappa shape index (κ2) is 7.12. The molecule has 32 heavy (non-hydrogen) atoms. The normalized spacial score (nSPS) is 25.9. The van der Waals surface area contributed by atoms with Crippen molar-refractivity contribution >= 4 is 40.7 Å². The van der Waals surface area contributed by atoms with Gasteiger partial charge in [0.2, 0.25) is 0 Å². The predicted octanol–water partition coefficient (Wildman–Crippen LogP) is 4.49. The Labute approximate surface area is 191 Å². The van der Waals surface area contributed by atoms with Gasteiger partial charge < -0.3 is 14.2 Å². The molecule has 0 aliphatic carbocycles. The molecule has 1 aromatic carbocycles. The number of anilines is 1. The minimum absolute atomic E-state index is 0.00131. The van der Waals surface area contributed by atoms with Crippen LogP contribution in [0.4, 0.5) is 5.69 Å². The summed E-state index contributed by atoms with van der Waals surface area (Å²) >= 11 is 7.03. The maximum Gasteiger partial charge on any atom is 0.188 e. The van der Waals surface area contributed by atoms with E-state index in [9.17, 15) is 0 Å². The van der Waals surface area contributed by atoms with Gasteiger partial charge in [0.15, 0.2) is 5.58 Å². The van der Waals surface area contributed by atoms with E-state index < -0.39 is 0 Å². The Hall–Kier alpha value is -2.77. The molecular formula is C24H24ClN5O2. The molecule has 7 nitrogen and oxygen atoms in total.